The molecule has 11 heteroatoms. The van der Waals surface area contributed by atoms with Crippen LogP contribution in [0.3, 0.4) is 0 Å². The first-order valence-electron chi connectivity index (χ1n) is 8.04. The van der Waals surface area contributed by atoms with E-state index in [2.05, 4.69) is 21.3 Å². The number of halogens is 3. The minimum atomic E-state index is -5.08. The lowest BCUT2D eigenvalue weighted by Gasteiger charge is -2.24. The number of likely N-dealkylation sites (tertiary alicyclic amines) is 1. The lowest BCUT2D eigenvalue weighted by atomic mass is 10.1. The number of nitrogens with zero attached hydrogens (tertiary/aromatic N) is 3. The van der Waals surface area contributed by atoms with Gasteiger partial charge in [-0.15, -0.1) is 11.3 Å². The third kappa shape index (κ3) is 4.47. The fourth-order valence-electron chi connectivity index (χ4n) is 3.36. The van der Waals surface area contributed by atoms with Crippen molar-refractivity contribution in [3.8, 4) is 0 Å². The highest BCUT2D eigenvalue weighted by atomic mass is 32.1. The quantitative estimate of drug-likeness (QED) is 0.827. The second-order valence-corrected chi connectivity index (χ2v) is 7.83. The number of hydrogen-bond donors (Lipinski definition) is 1. The van der Waals surface area contributed by atoms with Crippen molar-refractivity contribution in [3.63, 3.8) is 0 Å². The van der Waals surface area contributed by atoms with E-state index in [1.165, 1.54) is 0 Å². The highest BCUT2D eigenvalue weighted by molar-refractivity contribution is 7.09. The Bertz CT molecular complexity index is 781. The number of carboxylic acid groups (broad SMARTS) is 1. The average molecular weight is 419 g/mol. The Morgan fingerprint density at radius 2 is 2.07 bits per heavy atom. The third-order valence-corrected chi connectivity index (χ3v) is 5.89. The molecule has 1 amide bonds. The summed E-state index contributed by atoms with van der Waals surface area (Å²) >= 11 is 3.35. The van der Waals surface area contributed by atoms with Gasteiger partial charge in [0.25, 0.3) is 0 Å². The Morgan fingerprint density at radius 1 is 1.33 bits per heavy atom. The van der Waals surface area contributed by atoms with Gasteiger partial charge < -0.3 is 10.0 Å². The van der Waals surface area contributed by atoms with Gasteiger partial charge in [0.2, 0.25) is 5.91 Å². The second kappa shape index (κ2) is 7.95. The van der Waals surface area contributed by atoms with Gasteiger partial charge in [0.05, 0.1) is 18.3 Å². The Labute approximate surface area is 160 Å². The number of amides is 1. The van der Waals surface area contributed by atoms with E-state index in [0.717, 1.165) is 30.2 Å². The van der Waals surface area contributed by atoms with Crippen molar-refractivity contribution in [3.05, 3.63) is 33.4 Å². The molecule has 6 nitrogen and oxygen atoms in total. The number of hydrogen-bond acceptors (Lipinski definition) is 6. The maximum Gasteiger partial charge on any atom is 0.490 e. The summed E-state index contributed by atoms with van der Waals surface area (Å²) in [5, 5.41) is 14.4. The molecular formula is C16H16F3N3O3S2. The third-order valence-electron chi connectivity index (χ3n) is 4.46. The summed E-state index contributed by atoms with van der Waals surface area (Å²) in [5.74, 6) is -2.49. The molecule has 2 aromatic rings. The van der Waals surface area contributed by atoms with Crippen molar-refractivity contribution < 1.29 is 27.9 Å². The molecule has 0 aromatic carbocycles. The molecule has 0 spiro atoms. The van der Waals surface area contributed by atoms with E-state index in [0.29, 0.717) is 18.5 Å². The molecule has 0 saturated carbocycles. The summed E-state index contributed by atoms with van der Waals surface area (Å²) in [6, 6.07) is 2.75. The van der Waals surface area contributed by atoms with Crippen LogP contribution < -0.4 is 4.90 Å². The number of thiophene rings is 1. The van der Waals surface area contributed by atoms with E-state index in [1.54, 1.807) is 22.7 Å². The number of carbonyl (C=O) groups excluding carboxylic acids is 1. The van der Waals surface area contributed by atoms with Crippen LogP contribution in [0.4, 0.5) is 18.9 Å². The standard InChI is InChI=1S/C14H15N3OS2.C2HF3O2/c18-14-7-12-11(17(14)10-2-5-19-9-10)1-4-16(12)8-13-15-3-6-20-13;3-2(4,5)1(6)7/h2-3,5-6,9,11-12H,1,4,7-8H2;(H,6,7)/t11-,12+;/m0./s1. The highest BCUT2D eigenvalue weighted by Crippen LogP contribution is 2.37. The molecule has 4 rings (SSSR count). The van der Waals surface area contributed by atoms with Gasteiger partial charge in [-0.05, 0) is 17.9 Å². The fraction of sp³-hybridized carbons (Fsp3) is 0.438. The van der Waals surface area contributed by atoms with Gasteiger partial charge in [-0.3, -0.25) is 9.69 Å². The Hall–Kier alpha value is -1.98. The zero-order chi connectivity index (χ0) is 19.6. The average Bonchev–Trinajstić information content (AvgIpc) is 3.34. The van der Waals surface area contributed by atoms with E-state index in [-0.39, 0.29) is 5.91 Å². The van der Waals surface area contributed by atoms with Crippen LogP contribution in [-0.4, -0.2) is 51.7 Å². The summed E-state index contributed by atoms with van der Waals surface area (Å²) in [6.07, 6.45) is -1.52. The Kier molecular flexibility index (Phi) is 5.82. The lowest BCUT2D eigenvalue weighted by Crippen LogP contribution is -2.36. The van der Waals surface area contributed by atoms with Gasteiger partial charge in [-0.1, -0.05) is 0 Å². The fourth-order valence-corrected chi connectivity index (χ4v) is 4.63. The maximum absolute atomic E-state index is 12.3. The number of aromatic nitrogens is 1. The van der Waals surface area contributed by atoms with E-state index in [9.17, 15) is 18.0 Å². The number of aliphatic carboxylic acids is 1. The predicted molar refractivity (Wildman–Crippen MR) is 94.8 cm³/mol. The Morgan fingerprint density at radius 3 is 2.63 bits per heavy atom. The lowest BCUT2D eigenvalue weighted by molar-refractivity contribution is -0.192. The molecule has 4 heterocycles. The molecule has 2 atom stereocenters. The van der Waals surface area contributed by atoms with Gasteiger partial charge in [-0.25, -0.2) is 9.78 Å². The van der Waals surface area contributed by atoms with Gasteiger partial charge in [0.15, 0.2) is 0 Å². The van der Waals surface area contributed by atoms with Gasteiger partial charge in [0.1, 0.15) is 5.01 Å². The van der Waals surface area contributed by atoms with Gasteiger partial charge >= 0.3 is 12.1 Å². The summed E-state index contributed by atoms with van der Waals surface area (Å²) < 4.78 is 31.7. The number of carboxylic acids is 1. The van der Waals surface area contributed by atoms with E-state index < -0.39 is 12.1 Å². The molecule has 27 heavy (non-hydrogen) atoms. The van der Waals surface area contributed by atoms with Gasteiger partial charge in [0, 0.05) is 36.0 Å². The molecule has 0 radical (unpaired) electrons. The number of thiazole rings is 1. The molecule has 2 saturated heterocycles. The van der Waals surface area contributed by atoms with Crippen molar-refractivity contribution in [2.75, 3.05) is 11.4 Å². The zero-order valence-electron chi connectivity index (χ0n) is 13.9. The first-order valence-corrected chi connectivity index (χ1v) is 9.86. The van der Waals surface area contributed by atoms with Crippen molar-refractivity contribution in [2.24, 2.45) is 0 Å². The smallest absolute Gasteiger partial charge is 0.475 e. The number of anilines is 1. The largest absolute Gasteiger partial charge is 0.490 e. The van der Waals surface area contributed by atoms with Crippen LogP contribution in [0, 0.1) is 0 Å². The monoisotopic (exact) mass is 419 g/mol. The molecule has 0 bridgehead atoms. The van der Waals surface area contributed by atoms with Crippen LogP contribution in [-0.2, 0) is 16.1 Å². The summed E-state index contributed by atoms with van der Waals surface area (Å²) in [6.45, 7) is 1.94. The molecule has 2 fully saturated rings. The zero-order valence-corrected chi connectivity index (χ0v) is 15.6. The molecule has 0 unspecified atom stereocenters. The van der Waals surface area contributed by atoms with Crippen molar-refractivity contribution >= 4 is 40.2 Å². The first kappa shape index (κ1) is 19.8. The SMILES string of the molecule is O=C(O)C(F)(F)F.O=C1C[C@@H]2[C@H](CCN2Cc2nccs2)N1c1ccsc1. The molecule has 2 aliphatic rings. The van der Waals surface area contributed by atoms with Crippen LogP contribution in [0.25, 0.3) is 0 Å². The van der Waals surface area contributed by atoms with E-state index in [4.69, 9.17) is 9.90 Å². The molecule has 2 aliphatic heterocycles. The summed E-state index contributed by atoms with van der Waals surface area (Å²) in [5.41, 5.74) is 1.07. The van der Waals surface area contributed by atoms with Crippen LogP contribution in [0.5, 0.6) is 0 Å². The van der Waals surface area contributed by atoms with Crippen LogP contribution >= 0.6 is 22.7 Å². The summed E-state index contributed by atoms with van der Waals surface area (Å²) in [7, 11) is 0. The molecule has 146 valence electrons. The number of alkyl halides is 3. The highest BCUT2D eigenvalue weighted by Gasteiger charge is 2.47. The molecular weight excluding hydrogens is 403 g/mol. The van der Waals surface area contributed by atoms with Crippen LogP contribution in [0.15, 0.2) is 28.4 Å². The minimum Gasteiger partial charge on any atom is -0.475 e. The van der Waals surface area contributed by atoms with Crippen LogP contribution in [0.2, 0.25) is 0 Å². The minimum absolute atomic E-state index is 0.266. The van der Waals surface area contributed by atoms with Crippen molar-refractivity contribution in [1.29, 1.82) is 0 Å². The maximum atomic E-state index is 12.3. The first-order chi connectivity index (χ1) is 12.8. The normalized spacial score (nSPS) is 22.5. The van der Waals surface area contributed by atoms with Crippen LogP contribution in [0.1, 0.15) is 17.8 Å². The van der Waals surface area contributed by atoms with E-state index >= 15 is 0 Å². The molecule has 2 aromatic heterocycles. The van der Waals surface area contributed by atoms with Crippen molar-refractivity contribution in [2.45, 2.75) is 37.6 Å². The van der Waals surface area contributed by atoms with E-state index in [1.807, 2.05) is 21.9 Å². The Balaban J connectivity index is 0.000000260. The number of carbonyl (C=O) groups is 2. The number of rotatable bonds is 3. The topological polar surface area (TPSA) is 73.7 Å². The second-order valence-electron chi connectivity index (χ2n) is 6.07. The predicted octanol–water partition coefficient (Wildman–Crippen LogP) is 3.22. The molecule has 0 aliphatic carbocycles. The van der Waals surface area contributed by atoms with Crippen molar-refractivity contribution in [1.82, 2.24) is 9.88 Å². The molecule has 1 N–H and O–H groups in total. The summed E-state index contributed by atoms with van der Waals surface area (Å²) in [4.78, 5) is 30.0. The number of fused-ring (bicyclic) bond motifs is 1. The van der Waals surface area contributed by atoms with Gasteiger partial charge in [-0.2, -0.15) is 24.5 Å².